The standard InChI is InChI=1S/C17H26O3/c1-16(2,3)15(19)14(20-17(4,5)6)11-12-7-9-13(18)10-8-12/h7-10,14,18H,11H2,1-6H3. The summed E-state index contributed by atoms with van der Waals surface area (Å²) < 4.78 is 5.95. The van der Waals surface area contributed by atoms with Crippen molar-refractivity contribution >= 4 is 5.78 Å². The lowest BCUT2D eigenvalue weighted by Gasteiger charge is -2.31. The summed E-state index contributed by atoms with van der Waals surface area (Å²) in [6, 6.07) is 6.91. The van der Waals surface area contributed by atoms with Crippen LogP contribution in [0.3, 0.4) is 0 Å². The van der Waals surface area contributed by atoms with Crippen LogP contribution in [0.1, 0.15) is 47.1 Å². The number of carbonyl (C=O) groups excluding carboxylic acids is 1. The van der Waals surface area contributed by atoms with Crippen LogP contribution in [-0.4, -0.2) is 22.6 Å². The lowest BCUT2D eigenvalue weighted by Crippen LogP contribution is -2.40. The van der Waals surface area contributed by atoms with Crippen molar-refractivity contribution in [2.75, 3.05) is 0 Å². The summed E-state index contributed by atoms with van der Waals surface area (Å²) in [6.07, 6.45) is 0.0488. The van der Waals surface area contributed by atoms with Gasteiger partial charge in [0.2, 0.25) is 0 Å². The maximum atomic E-state index is 12.5. The highest BCUT2D eigenvalue weighted by atomic mass is 16.5. The number of rotatable bonds is 4. The lowest BCUT2D eigenvalue weighted by molar-refractivity contribution is -0.147. The number of phenols is 1. The van der Waals surface area contributed by atoms with E-state index in [1.807, 2.05) is 53.7 Å². The number of aromatic hydroxyl groups is 1. The van der Waals surface area contributed by atoms with Crippen molar-refractivity contribution in [3.63, 3.8) is 0 Å². The first kappa shape index (κ1) is 16.7. The fraction of sp³-hybridized carbons (Fsp3) is 0.588. The maximum absolute atomic E-state index is 12.5. The third-order valence-corrected chi connectivity index (χ3v) is 2.88. The van der Waals surface area contributed by atoms with Gasteiger partial charge in [-0.1, -0.05) is 32.9 Å². The smallest absolute Gasteiger partial charge is 0.167 e. The highest BCUT2D eigenvalue weighted by Gasteiger charge is 2.33. The first-order valence-corrected chi connectivity index (χ1v) is 6.99. The predicted octanol–water partition coefficient (Wildman–Crippen LogP) is 3.73. The SMILES string of the molecule is CC(C)(C)OC(Cc1ccc(O)cc1)C(=O)C(C)(C)C. The molecule has 1 unspecified atom stereocenters. The van der Waals surface area contributed by atoms with E-state index in [0.29, 0.717) is 6.42 Å². The minimum atomic E-state index is -0.473. The molecule has 1 atom stereocenters. The second kappa shape index (κ2) is 5.96. The molecule has 112 valence electrons. The topological polar surface area (TPSA) is 46.5 Å². The van der Waals surface area contributed by atoms with E-state index >= 15 is 0 Å². The van der Waals surface area contributed by atoms with Gasteiger partial charge in [-0.2, -0.15) is 0 Å². The zero-order valence-electron chi connectivity index (χ0n) is 13.4. The first-order valence-electron chi connectivity index (χ1n) is 6.99. The van der Waals surface area contributed by atoms with Crippen molar-refractivity contribution in [2.45, 2.75) is 59.7 Å². The number of Topliss-reactive ketones (excluding diaryl/α,β-unsaturated/α-hetero) is 1. The summed E-state index contributed by atoms with van der Waals surface area (Å²) in [6.45, 7) is 11.6. The molecule has 0 aromatic heterocycles. The molecule has 20 heavy (non-hydrogen) atoms. The van der Waals surface area contributed by atoms with Gasteiger partial charge < -0.3 is 9.84 Å². The van der Waals surface area contributed by atoms with Gasteiger partial charge in [0.1, 0.15) is 11.9 Å². The van der Waals surface area contributed by atoms with E-state index < -0.39 is 11.5 Å². The van der Waals surface area contributed by atoms with Crippen molar-refractivity contribution in [3.05, 3.63) is 29.8 Å². The van der Waals surface area contributed by atoms with E-state index in [2.05, 4.69) is 0 Å². The van der Waals surface area contributed by atoms with Crippen LogP contribution in [0.25, 0.3) is 0 Å². The van der Waals surface area contributed by atoms with Crippen molar-refractivity contribution in [2.24, 2.45) is 5.41 Å². The van der Waals surface area contributed by atoms with Crippen LogP contribution in [0.5, 0.6) is 5.75 Å². The highest BCUT2D eigenvalue weighted by Crippen LogP contribution is 2.24. The molecule has 0 fully saturated rings. The molecule has 1 N–H and O–H groups in total. The normalized spacial score (nSPS) is 14.1. The van der Waals surface area contributed by atoms with Gasteiger partial charge >= 0.3 is 0 Å². The molecule has 3 heteroatoms. The number of phenolic OH excluding ortho intramolecular Hbond substituents is 1. The first-order chi connectivity index (χ1) is 8.99. The Kier molecular flexibility index (Phi) is 4.98. The van der Waals surface area contributed by atoms with E-state index in [0.717, 1.165) is 5.56 Å². The number of benzene rings is 1. The van der Waals surface area contributed by atoms with Crippen LogP contribution < -0.4 is 0 Å². The number of hydrogen-bond donors (Lipinski definition) is 1. The van der Waals surface area contributed by atoms with Crippen LogP contribution >= 0.6 is 0 Å². The lowest BCUT2D eigenvalue weighted by atomic mass is 9.85. The zero-order valence-corrected chi connectivity index (χ0v) is 13.4. The third kappa shape index (κ3) is 5.33. The van der Waals surface area contributed by atoms with Crippen LogP contribution in [-0.2, 0) is 16.0 Å². The van der Waals surface area contributed by atoms with E-state index in [-0.39, 0.29) is 17.1 Å². The van der Waals surface area contributed by atoms with Gasteiger partial charge in [-0.05, 0) is 38.5 Å². The van der Waals surface area contributed by atoms with Gasteiger partial charge in [-0.25, -0.2) is 0 Å². The average molecular weight is 278 g/mol. The molecule has 0 aliphatic rings. The van der Waals surface area contributed by atoms with Gasteiger partial charge in [-0.15, -0.1) is 0 Å². The Labute approximate surface area is 122 Å². The van der Waals surface area contributed by atoms with Crippen molar-refractivity contribution in [3.8, 4) is 5.75 Å². The highest BCUT2D eigenvalue weighted by molar-refractivity contribution is 5.88. The van der Waals surface area contributed by atoms with Gasteiger partial charge in [-0.3, -0.25) is 4.79 Å². The molecule has 0 heterocycles. The predicted molar refractivity (Wildman–Crippen MR) is 80.9 cm³/mol. The zero-order chi connectivity index (χ0) is 15.6. The summed E-state index contributed by atoms with van der Waals surface area (Å²) in [4.78, 5) is 12.5. The number of hydrogen-bond acceptors (Lipinski definition) is 3. The van der Waals surface area contributed by atoms with Crippen LogP contribution in [0.4, 0.5) is 0 Å². The second-order valence-corrected chi connectivity index (χ2v) is 7.20. The van der Waals surface area contributed by atoms with Crippen molar-refractivity contribution in [1.82, 2.24) is 0 Å². The molecule has 1 aromatic rings. The molecule has 1 aromatic carbocycles. The minimum Gasteiger partial charge on any atom is -0.508 e. The maximum Gasteiger partial charge on any atom is 0.167 e. The second-order valence-electron chi connectivity index (χ2n) is 7.20. The molecule has 0 bridgehead atoms. The number of ether oxygens (including phenoxy) is 1. The summed E-state index contributed by atoms with van der Waals surface area (Å²) >= 11 is 0. The van der Waals surface area contributed by atoms with Gasteiger partial charge in [0.25, 0.3) is 0 Å². The van der Waals surface area contributed by atoms with Crippen molar-refractivity contribution < 1.29 is 14.6 Å². The quantitative estimate of drug-likeness (QED) is 0.912. The summed E-state index contributed by atoms with van der Waals surface area (Å²) in [7, 11) is 0. The largest absolute Gasteiger partial charge is 0.508 e. The summed E-state index contributed by atoms with van der Waals surface area (Å²) in [5, 5.41) is 9.32. The fourth-order valence-electron chi connectivity index (χ4n) is 1.94. The Morgan fingerprint density at radius 2 is 1.60 bits per heavy atom. The Morgan fingerprint density at radius 3 is 2.00 bits per heavy atom. The molecule has 3 nitrogen and oxygen atoms in total. The molecular formula is C17H26O3. The number of ketones is 1. The van der Waals surface area contributed by atoms with Crippen LogP contribution in [0.15, 0.2) is 24.3 Å². The van der Waals surface area contributed by atoms with Gasteiger partial charge in [0, 0.05) is 11.8 Å². The van der Waals surface area contributed by atoms with E-state index in [4.69, 9.17) is 4.74 Å². The minimum absolute atomic E-state index is 0.0977. The molecule has 0 saturated carbocycles. The Morgan fingerprint density at radius 1 is 1.10 bits per heavy atom. The molecule has 0 amide bonds. The van der Waals surface area contributed by atoms with E-state index in [1.165, 1.54) is 0 Å². The molecule has 1 rings (SSSR count). The molecule has 0 aliphatic heterocycles. The summed E-state index contributed by atoms with van der Waals surface area (Å²) in [5.74, 6) is 0.324. The third-order valence-electron chi connectivity index (χ3n) is 2.88. The molecular weight excluding hydrogens is 252 g/mol. The van der Waals surface area contributed by atoms with Gasteiger partial charge in [0.05, 0.1) is 5.60 Å². The molecule has 0 radical (unpaired) electrons. The number of carbonyl (C=O) groups is 1. The van der Waals surface area contributed by atoms with Crippen LogP contribution in [0.2, 0.25) is 0 Å². The average Bonchev–Trinajstić information content (AvgIpc) is 2.27. The van der Waals surface area contributed by atoms with Crippen molar-refractivity contribution in [1.29, 1.82) is 0 Å². The summed E-state index contributed by atoms with van der Waals surface area (Å²) in [5.41, 5.74) is 0.171. The van der Waals surface area contributed by atoms with Gasteiger partial charge in [0.15, 0.2) is 5.78 Å². The van der Waals surface area contributed by atoms with E-state index in [1.54, 1.807) is 12.1 Å². The van der Waals surface area contributed by atoms with E-state index in [9.17, 15) is 9.90 Å². The fourth-order valence-corrected chi connectivity index (χ4v) is 1.94. The molecule has 0 aliphatic carbocycles. The monoisotopic (exact) mass is 278 g/mol. The Hall–Kier alpha value is -1.35. The Balaban J connectivity index is 2.93. The molecule has 0 spiro atoms. The van der Waals surface area contributed by atoms with Crippen LogP contribution in [0, 0.1) is 5.41 Å². The molecule has 0 saturated heterocycles. The Bertz CT molecular complexity index is 447.